The SMILES string of the molecule is CCCC(CNc1ncc(F)c(NC)n1)N(C)C. The van der Waals surface area contributed by atoms with Crippen molar-refractivity contribution in [3.8, 4) is 0 Å². The molecule has 102 valence electrons. The average molecular weight is 255 g/mol. The molecule has 0 fully saturated rings. The van der Waals surface area contributed by atoms with Gasteiger partial charge in [-0.2, -0.15) is 4.98 Å². The molecule has 1 rings (SSSR count). The quantitative estimate of drug-likeness (QED) is 0.778. The first kappa shape index (κ1) is 14.6. The van der Waals surface area contributed by atoms with Crippen LogP contribution in [0.1, 0.15) is 19.8 Å². The Balaban J connectivity index is 2.61. The topological polar surface area (TPSA) is 53.1 Å². The minimum absolute atomic E-state index is 0.212. The van der Waals surface area contributed by atoms with Gasteiger partial charge in [0.25, 0.3) is 0 Å². The van der Waals surface area contributed by atoms with Crippen molar-refractivity contribution in [2.75, 3.05) is 38.3 Å². The fraction of sp³-hybridized carbons (Fsp3) is 0.667. The third kappa shape index (κ3) is 4.10. The maximum Gasteiger partial charge on any atom is 0.224 e. The van der Waals surface area contributed by atoms with Crippen LogP contribution in [-0.2, 0) is 0 Å². The van der Waals surface area contributed by atoms with Gasteiger partial charge in [0, 0.05) is 19.6 Å². The molecule has 6 heteroatoms. The molecular weight excluding hydrogens is 233 g/mol. The molecule has 2 N–H and O–H groups in total. The first-order valence-corrected chi connectivity index (χ1v) is 6.19. The number of anilines is 2. The van der Waals surface area contributed by atoms with E-state index < -0.39 is 5.82 Å². The number of aromatic nitrogens is 2. The van der Waals surface area contributed by atoms with Crippen molar-refractivity contribution in [2.24, 2.45) is 0 Å². The van der Waals surface area contributed by atoms with E-state index in [0.29, 0.717) is 12.0 Å². The predicted octanol–water partition coefficient (Wildman–Crippen LogP) is 1.80. The zero-order valence-electron chi connectivity index (χ0n) is 11.5. The smallest absolute Gasteiger partial charge is 0.224 e. The second kappa shape index (κ2) is 7.10. The fourth-order valence-corrected chi connectivity index (χ4v) is 1.71. The molecule has 0 aromatic carbocycles. The molecule has 1 atom stereocenters. The van der Waals surface area contributed by atoms with Crippen LogP contribution in [0.5, 0.6) is 0 Å². The number of likely N-dealkylation sites (N-methyl/N-ethyl adjacent to an activating group) is 1. The Kier molecular flexibility index (Phi) is 5.77. The van der Waals surface area contributed by atoms with Gasteiger partial charge in [-0.15, -0.1) is 0 Å². The Hall–Kier alpha value is -1.43. The predicted molar refractivity (Wildman–Crippen MR) is 72.4 cm³/mol. The van der Waals surface area contributed by atoms with Crippen molar-refractivity contribution in [3.63, 3.8) is 0 Å². The van der Waals surface area contributed by atoms with Gasteiger partial charge in [-0.25, -0.2) is 9.37 Å². The van der Waals surface area contributed by atoms with Crippen LogP contribution in [0.4, 0.5) is 16.2 Å². The molecular formula is C12H22FN5. The summed E-state index contributed by atoms with van der Waals surface area (Å²) in [5.41, 5.74) is 0. The number of hydrogen-bond donors (Lipinski definition) is 2. The number of nitrogens with zero attached hydrogens (tertiary/aromatic N) is 3. The average Bonchev–Trinajstić information content (AvgIpc) is 2.35. The molecule has 0 radical (unpaired) electrons. The number of halogens is 1. The summed E-state index contributed by atoms with van der Waals surface area (Å²) < 4.78 is 13.2. The van der Waals surface area contributed by atoms with E-state index in [2.05, 4.69) is 32.4 Å². The van der Waals surface area contributed by atoms with Gasteiger partial charge in [0.05, 0.1) is 6.20 Å². The third-order valence-corrected chi connectivity index (χ3v) is 2.83. The molecule has 0 aliphatic carbocycles. The highest BCUT2D eigenvalue weighted by atomic mass is 19.1. The lowest BCUT2D eigenvalue weighted by molar-refractivity contribution is 0.288. The normalized spacial score (nSPS) is 12.6. The van der Waals surface area contributed by atoms with E-state index >= 15 is 0 Å². The zero-order chi connectivity index (χ0) is 13.5. The lowest BCUT2D eigenvalue weighted by Crippen LogP contribution is -2.34. The van der Waals surface area contributed by atoms with Crippen LogP contribution in [0.25, 0.3) is 0 Å². The molecule has 0 saturated heterocycles. The van der Waals surface area contributed by atoms with E-state index in [1.54, 1.807) is 7.05 Å². The molecule has 0 aliphatic heterocycles. The van der Waals surface area contributed by atoms with Gasteiger partial charge in [0.2, 0.25) is 5.95 Å². The van der Waals surface area contributed by atoms with Gasteiger partial charge in [0.1, 0.15) is 0 Å². The Morgan fingerprint density at radius 1 is 1.44 bits per heavy atom. The van der Waals surface area contributed by atoms with Crippen LogP contribution < -0.4 is 10.6 Å². The summed E-state index contributed by atoms with van der Waals surface area (Å²) in [6.07, 6.45) is 3.39. The standard InChI is InChI=1S/C12H22FN5/c1-5-6-9(18(3)4)7-15-12-16-8-10(13)11(14-2)17-12/h8-9H,5-7H2,1-4H3,(H2,14,15,16,17). The number of nitrogens with one attached hydrogen (secondary N) is 2. The van der Waals surface area contributed by atoms with Crippen LogP contribution in [0.15, 0.2) is 6.20 Å². The molecule has 0 aliphatic rings. The zero-order valence-corrected chi connectivity index (χ0v) is 11.5. The van der Waals surface area contributed by atoms with Crippen molar-refractivity contribution < 1.29 is 4.39 Å². The van der Waals surface area contributed by atoms with E-state index in [1.807, 2.05) is 14.1 Å². The van der Waals surface area contributed by atoms with Crippen LogP contribution >= 0.6 is 0 Å². The Bertz CT molecular complexity index is 369. The number of rotatable bonds is 7. The van der Waals surface area contributed by atoms with E-state index in [-0.39, 0.29) is 5.82 Å². The van der Waals surface area contributed by atoms with E-state index in [9.17, 15) is 4.39 Å². The molecule has 0 saturated carbocycles. The molecule has 1 heterocycles. The molecule has 0 amide bonds. The highest BCUT2D eigenvalue weighted by Crippen LogP contribution is 2.11. The van der Waals surface area contributed by atoms with Gasteiger partial charge >= 0.3 is 0 Å². The molecule has 18 heavy (non-hydrogen) atoms. The van der Waals surface area contributed by atoms with E-state index in [1.165, 1.54) is 6.20 Å². The molecule has 1 unspecified atom stereocenters. The van der Waals surface area contributed by atoms with E-state index in [0.717, 1.165) is 19.4 Å². The molecule has 5 nitrogen and oxygen atoms in total. The lowest BCUT2D eigenvalue weighted by Gasteiger charge is -2.24. The van der Waals surface area contributed by atoms with Crippen molar-refractivity contribution in [2.45, 2.75) is 25.8 Å². The van der Waals surface area contributed by atoms with Crippen LogP contribution in [-0.4, -0.2) is 48.6 Å². The van der Waals surface area contributed by atoms with Gasteiger partial charge < -0.3 is 15.5 Å². The Labute approximate surface area is 108 Å². The second-order valence-corrected chi connectivity index (χ2v) is 4.43. The fourth-order valence-electron chi connectivity index (χ4n) is 1.71. The molecule has 0 bridgehead atoms. The van der Waals surface area contributed by atoms with Crippen LogP contribution in [0, 0.1) is 5.82 Å². The minimum Gasteiger partial charge on any atom is -0.371 e. The van der Waals surface area contributed by atoms with Crippen molar-refractivity contribution in [1.82, 2.24) is 14.9 Å². The first-order valence-electron chi connectivity index (χ1n) is 6.19. The van der Waals surface area contributed by atoms with Gasteiger partial charge in [-0.1, -0.05) is 13.3 Å². The monoisotopic (exact) mass is 255 g/mol. The second-order valence-electron chi connectivity index (χ2n) is 4.43. The van der Waals surface area contributed by atoms with Gasteiger partial charge in [-0.3, -0.25) is 0 Å². The first-order chi connectivity index (χ1) is 8.58. The largest absolute Gasteiger partial charge is 0.371 e. The summed E-state index contributed by atoms with van der Waals surface area (Å²) in [5.74, 6) is 0.217. The van der Waals surface area contributed by atoms with Crippen molar-refractivity contribution in [3.05, 3.63) is 12.0 Å². The maximum absolute atomic E-state index is 13.2. The summed E-state index contributed by atoms with van der Waals surface area (Å²) in [4.78, 5) is 10.1. The molecule has 1 aromatic rings. The maximum atomic E-state index is 13.2. The van der Waals surface area contributed by atoms with Crippen LogP contribution in [0.2, 0.25) is 0 Å². The van der Waals surface area contributed by atoms with Crippen molar-refractivity contribution >= 4 is 11.8 Å². The summed E-state index contributed by atoms with van der Waals surface area (Å²) in [5, 5.41) is 5.84. The lowest BCUT2D eigenvalue weighted by atomic mass is 10.1. The Morgan fingerprint density at radius 2 is 2.17 bits per heavy atom. The highest BCUT2D eigenvalue weighted by Gasteiger charge is 2.11. The third-order valence-electron chi connectivity index (χ3n) is 2.83. The van der Waals surface area contributed by atoms with Gasteiger partial charge in [-0.05, 0) is 20.5 Å². The summed E-state index contributed by atoms with van der Waals surface area (Å²) in [6, 6.07) is 0.418. The van der Waals surface area contributed by atoms with Gasteiger partial charge in [0.15, 0.2) is 11.6 Å². The number of hydrogen-bond acceptors (Lipinski definition) is 5. The Morgan fingerprint density at radius 3 is 2.72 bits per heavy atom. The van der Waals surface area contributed by atoms with Crippen molar-refractivity contribution in [1.29, 1.82) is 0 Å². The molecule has 0 spiro atoms. The highest BCUT2D eigenvalue weighted by molar-refractivity contribution is 5.40. The van der Waals surface area contributed by atoms with E-state index in [4.69, 9.17) is 0 Å². The summed E-state index contributed by atoms with van der Waals surface area (Å²) in [7, 11) is 5.73. The minimum atomic E-state index is -0.444. The summed E-state index contributed by atoms with van der Waals surface area (Å²) in [6.45, 7) is 2.90. The van der Waals surface area contributed by atoms with Crippen LogP contribution in [0.3, 0.4) is 0 Å². The summed E-state index contributed by atoms with van der Waals surface area (Å²) >= 11 is 0. The molecule has 1 aromatic heterocycles.